The summed E-state index contributed by atoms with van der Waals surface area (Å²) in [6.45, 7) is 0. The first-order valence-corrected chi connectivity index (χ1v) is 7.58. The van der Waals surface area contributed by atoms with Crippen molar-refractivity contribution in [3.8, 4) is 11.1 Å². The number of hydrogen-bond acceptors (Lipinski definition) is 1. The van der Waals surface area contributed by atoms with Gasteiger partial charge < -0.3 is 0 Å². The van der Waals surface area contributed by atoms with E-state index in [1.54, 1.807) is 0 Å². The van der Waals surface area contributed by atoms with Crippen molar-refractivity contribution in [1.29, 1.82) is 0 Å². The summed E-state index contributed by atoms with van der Waals surface area (Å²) in [5, 5.41) is -0.675. The third-order valence-electron chi connectivity index (χ3n) is 3.60. The zero-order valence-corrected chi connectivity index (χ0v) is 12.7. The molecule has 0 fully saturated rings. The SMILES string of the molecule is O=C(c1ccccc1-c1ccccc1)C(Cl)c1ccccc1. The normalized spacial score (nSPS) is 11.9. The topological polar surface area (TPSA) is 17.1 Å². The largest absolute Gasteiger partial charge is 0.292 e. The molecule has 0 amide bonds. The Kier molecular flexibility index (Phi) is 4.36. The number of carbonyl (C=O) groups is 1. The lowest BCUT2D eigenvalue weighted by molar-refractivity contribution is 0.0987. The van der Waals surface area contributed by atoms with Crippen LogP contribution in [0.3, 0.4) is 0 Å². The first kappa shape index (κ1) is 14.6. The number of carbonyl (C=O) groups excluding carboxylic acids is 1. The van der Waals surface area contributed by atoms with Gasteiger partial charge in [-0.15, -0.1) is 11.6 Å². The molecule has 22 heavy (non-hydrogen) atoms. The molecule has 3 aromatic carbocycles. The van der Waals surface area contributed by atoms with Gasteiger partial charge in [-0.25, -0.2) is 0 Å². The molecule has 0 heterocycles. The van der Waals surface area contributed by atoms with Gasteiger partial charge in [0.25, 0.3) is 0 Å². The van der Waals surface area contributed by atoms with E-state index >= 15 is 0 Å². The Hall–Kier alpha value is -2.38. The van der Waals surface area contributed by atoms with Gasteiger partial charge in [0.15, 0.2) is 5.78 Å². The van der Waals surface area contributed by atoms with Crippen molar-refractivity contribution in [2.24, 2.45) is 0 Å². The molecule has 0 saturated heterocycles. The van der Waals surface area contributed by atoms with Gasteiger partial charge in [0.1, 0.15) is 5.38 Å². The second-order valence-corrected chi connectivity index (χ2v) is 5.49. The zero-order chi connectivity index (χ0) is 15.4. The van der Waals surface area contributed by atoms with Crippen LogP contribution in [0.5, 0.6) is 0 Å². The molecule has 0 spiro atoms. The van der Waals surface area contributed by atoms with E-state index in [9.17, 15) is 4.79 Å². The van der Waals surface area contributed by atoms with Crippen LogP contribution in [0.1, 0.15) is 21.3 Å². The monoisotopic (exact) mass is 306 g/mol. The van der Waals surface area contributed by atoms with Gasteiger partial charge in [-0.2, -0.15) is 0 Å². The molecular weight excluding hydrogens is 292 g/mol. The summed E-state index contributed by atoms with van der Waals surface area (Å²) >= 11 is 6.40. The smallest absolute Gasteiger partial charge is 0.185 e. The van der Waals surface area contributed by atoms with Gasteiger partial charge >= 0.3 is 0 Å². The molecule has 0 radical (unpaired) electrons. The lowest BCUT2D eigenvalue weighted by Crippen LogP contribution is -2.09. The number of ketones is 1. The molecule has 3 rings (SSSR count). The Labute approximate surface area is 135 Å². The Morgan fingerprint density at radius 2 is 1.27 bits per heavy atom. The third-order valence-corrected chi connectivity index (χ3v) is 4.05. The van der Waals surface area contributed by atoms with Crippen LogP contribution in [0.4, 0.5) is 0 Å². The van der Waals surface area contributed by atoms with Crippen molar-refractivity contribution in [3.63, 3.8) is 0 Å². The predicted molar refractivity (Wildman–Crippen MR) is 91.2 cm³/mol. The summed E-state index contributed by atoms with van der Waals surface area (Å²) in [5.41, 5.74) is 3.40. The van der Waals surface area contributed by atoms with Gasteiger partial charge in [0, 0.05) is 5.56 Å². The minimum Gasteiger partial charge on any atom is -0.292 e. The average Bonchev–Trinajstić information content (AvgIpc) is 2.62. The molecule has 0 aliphatic heterocycles. The number of rotatable bonds is 4. The molecule has 1 atom stereocenters. The molecular formula is C20H15ClO. The molecule has 0 saturated carbocycles. The van der Waals surface area contributed by atoms with E-state index in [1.165, 1.54) is 0 Å². The van der Waals surface area contributed by atoms with Gasteiger partial charge in [-0.1, -0.05) is 84.9 Å². The highest BCUT2D eigenvalue weighted by Crippen LogP contribution is 2.30. The molecule has 1 nitrogen and oxygen atoms in total. The Morgan fingerprint density at radius 3 is 1.95 bits per heavy atom. The molecule has 0 bridgehead atoms. The summed E-state index contributed by atoms with van der Waals surface area (Å²) in [6.07, 6.45) is 0. The predicted octanol–water partition coefficient (Wildman–Crippen LogP) is 5.52. The third kappa shape index (κ3) is 2.95. The van der Waals surface area contributed by atoms with E-state index in [0.717, 1.165) is 16.7 Å². The maximum atomic E-state index is 12.8. The lowest BCUT2D eigenvalue weighted by atomic mass is 9.94. The van der Waals surface area contributed by atoms with Crippen molar-refractivity contribution in [2.75, 3.05) is 0 Å². The van der Waals surface area contributed by atoms with Crippen LogP contribution in [0.15, 0.2) is 84.9 Å². The van der Waals surface area contributed by atoms with Crippen LogP contribution in [-0.4, -0.2) is 5.78 Å². The molecule has 108 valence electrons. The van der Waals surface area contributed by atoms with Crippen molar-refractivity contribution in [3.05, 3.63) is 96.1 Å². The van der Waals surface area contributed by atoms with Crippen LogP contribution in [0, 0.1) is 0 Å². The van der Waals surface area contributed by atoms with E-state index in [1.807, 2.05) is 84.9 Å². The van der Waals surface area contributed by atoms with Crippen molar-refractivity contribution < 1.29 is 4.79 Å². The summed E-state index contributed by atoms with van der Waals surface area (Å²) in [6, 6.07) is 26.9. The van der Waals surface area contributed by atoms with Crippen molar-refractivity contribution in [2.45, 2.75) is 5.38 Å². The van der Waals surface area contributed by atoms with E-state index < -0.39 is 5.38 Å². The average molecular weight is 307 g/mol. The van der Waals surface area contributed by atoms with E-state index in [0.29, 0.717) is 5.56 Å². The quantitative estimate of drug-likeness (QED) is 0.458. The fourth-order valence-corrected chi connectivity index (χ4v) is 2.74. The summed E-state index contributed by atoms with van der Waals surface area (Å²) < 4.78 is 0. The second-order valence-electron chi connectivity index (χ2n) is 5.05. The number of hydrogen-bond donors (Lipinski definition) is 0. The minimum atomic E-state index is -0.675. The van der Waals surface area contributed by atoms with Gasteiger partial charge in [0.2, 0.25) is 0 Å². The standard InChI is InChI=1S/C20H15ClO/c21-19(16-11-5-2-6-12-16)20(22)18-14-8-7-13-17(18)15-9-3-1-4-10-15/h1-14,19H. The molecule has 0 N–H and O–H groups in total. The highest BCUT2D eigenvalue weighted by atomic mass is 35.5. The number of halogens is 1. The van der Waals surface area contributed by atoms with E-state index in [2.05, 4.69) is 0 Å². The summed E-state index contributed by atoms with van der Waals surface area (Å²) in [5.74, 6) is -0.0766. The molecule has 0 aromatic heterocycles. The highest BCUT2D eigenvalue weighted by Gasteiger charge is 2.21. The Bertz CT molecular complexity index is 766. The van der Waals surface area contributed by atoms with Gasteiger partial charge in [0.05, 0.1) is 0 Å². The zero-order valence-electron chi connectivity index (χ0n) is 11.9. The molecule has 1 unspecified atom stereocenters. The van der Waals surface area contributed by atoms with Crippen LogP contribution in [0.25, 0.3) is 11.1 Å². The van der Waals surface area contributed by atoms with Gasteiger partial charge in [-0.05, 0) is 16.7 Å². The number of Topliss-reactive ketones (excluding diaryl/α,β-unsaturated/α-hetero) is 1. The van der Waals surface area contributed by atoms with Crippen LogP contribution >= 0.6 is 11.6 Å². The van der Waals surface area contributed by atoms with E-state index in [4.69, 9.17) is 11.6 Å². The lowest BCUT2D eigenvalue weighted by Gasteiger charge is -2.13. The molecule has 0 aliphatic carbocycles. The first-order valence-electron chi connectivity index (χ1n) is 7.15. The highest BCUT2D eigenvalue weighted by molar-refractivity contribution is 6.34. The van der Waals surface area contributed by atoms with Gasteiger partial charge in [-0.3, -0.25) is 4.79 Å². The van der Waals surface area contributed by atoms with Crippen molar-refractivity contribution >= 4 is 17.4 Å². The minimum absolute atomic E-state index is 0.0766. The molecule has 0 aliphatic rings. The van der Waals surface area contributed by atoms with Crippen molar-refractivity contribution in [1.82, 2.24) is 0 Å². The van der Waals surface area contributed by atoms with Crippen LogP contribution in [0.2, 0.25) is 0 Å². The first-order chi connectivity index (χ1) is 10.8. The number of alkyl halides is 1. The molecule has 2 heteroatoms. The maximum absolute atomic E-state index is 12.8. The summed E-state index contributed by atoms with van der Waals surface area (Å²) in [4.78, 5) is 12.8. The fraction of sp³-hybridized carbons (Fsp3) is 0.0500. The maximum Gasteiger partial charge on any atom is 0.185 e. The second kappa shape index (κ2) is 6.59. The fourth-order valence-electron chi connectivity index (χ4n) is 2.48. The number of benzene rings is 3. The van der Waals surface area contributed by atoms with Crippen LogP contribution in [-0.2, 0) is 0 Å². The Balaban J connectivity index is 2.01. The molecule has 3 aromatic rings. The Morgan fingerprint density at radius 1 is 0.727 bits per heavy atom. The summed E-state index contributed by atoms with van der Waals surface area (Å²) in [7, 11) is 0. The van der Waals surface area contributed by atoms with Crippen LogP contribution < -0.4 is 0 Å². The van der Waals surface area contributed by atoms with E-state index in [-0.39, 0.29) is 5.78 Å².